The topological polar surface area (TPSA) is 41.1 Å². The van der Waals surface area contributed by atoms with E-state index in [0.29, 0.717) is 11.8 Å². The maximum absolute atomic E-state index is 11.0. The zero-order valence-corrected chi connectivity index (χ0v) is 13.5. The Morgan fingerprint density at radius 1 is 0.947 bits per heavy atom. The van der Waals surface area contributed by atoms with Gasteiger partial charge in [-0.05, 0) is 37.6 Å². The highest BCUT2D eigenvalue weighted by Crippen LogP contribution is 2.23. The average Bonchev–Trinajstić information content (AvgIpc) is 2.44. The molecule has 3 nitrogen and oxygen atoms in total. The van der Waals surface area contributed by atoms with E-state index < -0.39 is 0 Å². The van der Waals surface area contributed by atoms with E-state index in [1.165, 1.54) is 32.1 Å². The summed E-state index contributed by atoms with van der Waals surface area (Å²) < 4.78 is 0. The number of carbonyl (C=O) groups excluding carboxylic acids is 1. The molecular weight excluding hydrogens is 236 g/mol. The van der Waals surface area contributed by atoms with E-state index >= 15 is 0 Å². The first-order valence-corrected chi connectivity index (χ1v) is 8.05. The summed E-state index contributed by atoms with van der Waals surface area (Å²) in [6.45, 7) is 11.9. The Labute approximate surface area is 119 Å². The molecule has 0 rings (SSSR count). The molecule has 19 heavy (non-hydrogen) atoms. The van der Waals surface area contributed by atoms with Gasteiger partial charge in [0.05, 0.1) is 0 Å². The third-order valence-corrected chi connectivity index (χ3v) is 4.18. The summed E-state index contributed by atoms with van der Waals surface area (Å²) >= 11 is 0. The number of rotatable bonds is 12. The van der Waals surface area contributed by atoms with Gasteiger partial charge < -0.3 is 10.6 Å². The number of hydrogen-bond acceptors (Lipinski definition) is 2. The minimum atomic E-state index is 0.167. The van der Waals surface area contributed by atoms with Crippen molar-refractivity contribution >= 4 is 5.91 Å². The largest absolute Gasteiger partial charge is 0.356 e. The zero-order valence-electron chi connectivity index (χ0n) is 13.5. The Balaban J connectivity index is 3.30. The number of carbonyl (C=O) groups is 1. The molecule has 0 saturated carbocycles. The van der Waals surface area contributed by atoms with Gasteiger partial charge in [-0.1, -0.05) is 40.5 Å². The summed E-state index contributed by atoms with van der Waals surface area (Å²) in [5, 5.41) is 6.49. The highest BCUT2D eigenvalue weighted by atomic mass is 16.1. The predicted octanol–water partition coefficient (Wildman–Crippen LogP) is 3.49. The van der Waals surface area contributed by atoms with E-state index in [-0.39, 0.29) is 5.91 Å². The second kappa shape index (κ2) is 11.3. The quantitative estimate of drug-likeness (QED) is 0.533. The first-order chi connectivity index (χ1) is 9.08. The van der Waals surface area contributed by atoms with Gasteiger partial charge in [-0.2, -0.15) is 0 Å². The van der Waals surface area contributed by atoms with E-state index in [2.05, 4.69) is 31.4 Å². The van der Waals surface area contributed by atoms with Gasteiger partial charge >= 0.3 is 0 Å². The second-order valence-corrected chi connectivity index (χ2v) is 5.81. The summed E-state index contributed by atoms with van der Waals surface area (Å²) in [6.07, 6.45) is 7.89. The van der Waals surface area contributed by atoms with Crippen LogP contribution in [0.5, 0.6) is 0 Å². The Kier molecular flexibility index (Phi) is 10.9. The number of amides is 1. The van der Waals surface area contributed by atoms with Crippen molar-refractivity contribution in [3.8, 4) is 0 Å². The molecule has 0 aromatic carbocycles. The maximum Gasteiger partial charge on any atom is 0.219 e. The van der Waals surface area contributed by atoms with Gasteiger partial charge in [-0.15, -0.1) is 0 Å². The highest BCUT2D eigenvalue weighted by molar-refractivity contribution is 5.75. The van der Waals surface area contributed by atoms with Crippen LogP contribution in [0, 0.1) is 5.41 Å². The molecular formula is C16H34N2O. The smallest absolute Gasteiger partial charge is 0.219 e. The lowest BCUT2D eigenvalue weighted by atomic mass is 9.85. The van der Waals surface area contributed by atoms with E-state index in [1.54, 1.807) is 0 Å². The van der Waals surface area contributed by atoms with Crippen LogP contribution >= 0.6 is 0 Å². The fourth-order valence-corrected chi connectivity index (χ4v) is 1.97. The van der Waals surface area contributed by atoms with Crippen LogP contribution in [0.15, 0.2) is 0 Å². The summed E-state index contributed by atoms with van der Waals surface area (Å²) in [5.41, 5.74) is 0.463. The first-order valence-electron chi connectivity index (χ1n) is 8.05. The lowest BCUT2D eigenvalue weighted by Gasteiger charge is -2.27. The summed E-state index contributed by atoms with van der Waals surface area (Å²) in [7, 11) is 0. The third kappa shape index (κ3) is 9.94. The van der Waals surface area contributed by atoms with E-state index in [0.717, 1.165) is 26.1 Å². The van der Waals surface area contributed by atoms with Crippen molar-refractivity contribution in [3.05, 3.63) is 0 Å². The standard InChI is InChI=1S/C16H34N2O/c1-5-15(19)18-13-11-9-8-10-12-17-14-16(4,6-2)7-3/h17H,5-14H2,1-4H3,(H,18,19). The van der Waals surface area contributed by atoms with Crippen LogP contribution < -0.4 is 10.6 Å². The Hall–Kier alpha value is -0.570. The van der Waals surface area contributed by atoms with Crippen LogP contribution in [0.2, 0.25) is 0 Å². The van der Waals surface area contributed by atoms with Crippen molar-refractivity contribution in [3.63, 3.8) is 0 Å². The fraction of sp³-hybridized carbons (Fsp3) is 0.938. The van der Waals surface area contributed by atoms with Crippen molar-refractivity contribution in [2.45, 2.75) is 72.6 Å². The van der Waals surface area contributed by atoms with Crippen molar-refractivity contribution in [1.29, 1.82) is 0 Å². The molecule has 0 aliphatic heterocycles. The monoisotopic (exact) mass is 270 g/mol. The first kappa shape index (κ1) is 18.4. The molecule has 0 aromatic rings. The van der Waals surface area contributed by atoms with Crippen molar-refractivity contribution < 1.29 is 4.79 Å². The lowest BCUT2D eigenvalue weighted by Crippen LogP contribution is -2.31. The molecule has 0 saturated heterocycles. The molecule has 0 heterocycles. The molecule has 0 aliphatic rings. The van der Waals surface area contributed by atoms with Gasteiger partial charge in [0.25, 0.3) is 0 Å². The van der Waals surface area contributed by atoms with E-state index in [1.807, 2.05) is 6.92 Å². The Morgan fingerprint density at radius 3 is 2.05 bits per heavy atom. The van der Waals surface area contributed by atoms with E-state index in [9.17, 15) is 4.79 Å². The molecule has 0 aliphatic carbocycles. The van der Waals surface area contributed by atoms with Crippen molar-refractivity contribution in [2.24, 2.45) is 5.41 Å². The lowest BCUT2D eigenvalue weighted by molar-refractivity contribution is -0.120. The molecule has 1 amide bonds. The van der Waals surface area contributed by atoms with Gasteiger partial charge in [-0.3, -0.25) is 4.79 Å². The third-order valence-electron chi connectivity index (χ3n) is 4.18. The molecule has 0 radical (unpaired) electrons. The van der Waals surface area contributed by atoms with Crippen LogP contribution in [0.1, 0.15) is 72.6 Å². The molecule has 0 bridgehead atoms. The fourth-order valence-electron chi connectivity index (χ4n) is 1.97. The predicted molar refractivity (Wildman–Crippen MR) is 83.3 cm³/mol. The molecule has 2 N–H and O–H groups in total. The molecule has 0 fully saturated rings. The summed E-state index contributed by atoms with van der Waals surface area (Å²) in [6, 6.07) is 0. The van der Waals surface area contributed by atoms with Gasteiger partial charge in [0.1, 0.15) is 0 Å². The zero-order chi connectivity index (χ0) is 14.6. The normalized spacial score (nSPS) is 11.6. The van der Waals surface area contributed by atoms with Crippen LogP contribution in [0.25, 0.3) is 0 Å². The van der Waals surface area contributed by atoms with Crippen LogP contribution in [0.4, 0.5) is 0 Å². The minimum Gasteiger partial charge on any atom is -0.356 e. The molecule has 114 valence electrons. The molecule has 0 atom stereocenters. The van der Waals surface area contributed by atoms with E-state index in [4.69, 9.17) is 0 Å². The van der Waals surface area contributed by atoms with Crippen LogP contribution in [0.3, 0.4) is 0 Å². The van der Waals surface area contributed by atoms with Crippen LogP contribution in [-0.2, 0) is 4.79 Å². The Bertz CT molecular complexity index is 225. The number of hydrogen-bond donors (Lipinski definition) is 2. The minimum absolute atomic E-state index is 0.167. The highest BCUT2D eigenvalue weighted by Gasteiger charge is 2.18. The van der Waals surface area contributed by atoms with Gasteiger partial charge in [0, 0.05) is 19.5 Å². The molecule has 3 heteroatoms. The van der Waals surface area contributed by atoms with Crippen LogP contribution in [-0.4, -0.2) is 25.5 Å². The average molecular weight is 270 g/mol. The van der Waals surface area contributed by atoms with Crippen molar-refractivity contribution in [2.75, 3.05) is 19.6 Å². The SMILES string of the molecule is CCC(=O)NCCCCCCNCC(C)(CC)CC. The van der Waals surface area contributed by atoms with Gasteiger partial charge in [-0.25, -0.2) is 0 Å². The number of unbranched alkanes of at least 4 members (excludes halogenated alkanes) is 3. The Morgan fingerprint density at radius 2 is 1.53 bits per heavy atom. The molecule has 0 spiro atoms. The van der Waals surface area contributed by atoms with Crippen molar-refractivity contribution in [1.82, 2.24) is 10.6 Å². The second-order valence-electron chi connectivity index (χ2n) is 5.81. The number of nitrogens with one attached hydrogen (secondary N) is 2. The van der Waals surface area contributed by atoms with Gasteiger partial charge in [0.2, 0.25) is 5.91 Å². The van der Waals surface area contributed by atoms with Gasteiger partial charge in [0.15, 0.2) is 0 Å². The summed E-state index contributed by atoms with van der Waals surface area (Å²) in [4.78, 5) is 11.0. The molecule has 0 unspecified atom stereocenters. The maximum atomic E-state index is 11.0. The summed E-state index contributed by atoms with van der Waals surface area (Å²) in [5.74, 6) is 0.167. The molecule has 0 aromatic heterocycles.